The normalized spacial score (nSPS) is 23.6. The average Bonchev–Trinajstić information content (AvgIpc) is 3.54. The van der Waals surface area contributed by atoms with Crippen LogP contribution < -0.4 is 30.9 Å². The molecular weight excluding hydrogens is 758 g/mol. The first-order valence-corrected chi connectivity index (χ1v) is 20.5. The van der Waals surface area contributed by atoms with Crippen molar-refractivity contribution in [2.24, 2.45) is 16.7 Å². The van der Waals surface area contributed by atoms with Gasteiger partial charge >= 0.3 is 5.69 Å². The molecule has 2 aromatic carbocycles. The van der Waals surface area contributed by atoms with Crippen molar-refractivity contribution in [2.45, 2.75) is 71.6 Å². The van der Waals surface area contributed by atoms with Gasteiger partial charge in [-0.1, -0.05) is 39.3 Å². The molecule has 0 spiro atoms. The van der Waals surface area contributed by atoms with Crippen LogP contribution >= 0.6 is 11.6 Å². The Hall–Kier alpha value is -5.39. The fraction of sp³-hybridized carbons (Fsp3) is 0.488. The number of fused-ring (bicyclic) bond motifs is 1. The molecular formula is C43H50ClN9O5. The smallest absolute Gasteiger partial charge is 0.351 e. The number of anilines is 2. The Labute approximate surface area is 342 Å². The summed E-state index contributed by atoms with van der Waals surface area (Å²) in [4.78, 5) is 57.8. The van der Waals surface area contributed by atoms with Crippen LogP contribution in [-0.2, 0) is 9.59 Å². The molecule has 304 valence electrons. The lowest BCUT2D eigenvalue weighted by atomic mass is 9.49. The van der Waals surface area contributed by atoms with Crippen molar-refractivity contribution in [3.05, 3.63) is 87.4 Å². The van der Waals surface area contributed by atoms with Crippen molar-refractivity contribution < 1.29 is 19.1 Å². The van der Waals surface area contributed by atoms with Crippen molar-refractivity contribution in [3.63, 3.8) is 0 Å². The van der Waals surface area contributed by atoms with Gasteiger partial charge in [-0.25, -0.2) is 4.79 Å². The number of carbonyl (C=O) groups excluding carboxylic acids is 3. The maximum absolute atomic E-state index is 13.5. The number of piperazine rings is 1. The minimum Gasteiger partial charge on any atom is -0.489 e. The van der Waals surface area contributed by atoms with E-state index in [0.29, 0.717) is 33.5 Å². The first kappa shape index (κ1) is 39.4. The summed E-state index contributed by atoms with van der Waals surface area (Å²) in [5, 5.41) is 19.6. The number of nitriles is 1. The van der Waals surface area contributed by atoms with E-state index < -0.39 is 11.9 Å². The van der Waals surface area contributed by atoms with Gasteiger partial charge in [-0.15, -0.1) is 5.10 Å². The third-order valence-corrected chi connectivity index (χ3v) is 13.1. The van der Waals surface area contributed by atoms with Crippen LogP contribution in [0.1, 0.15) is 75.3 Å². The summed E-state index contributed by atoms with van der Waals surface area (Å²) in [6.45, 7) is 15.0. The molecule has 1 unspecified atom stereocenters. The van der Waals surface area contributed by atoms with Crippen molar-refractivity contribution in [1.29, 1.82) is 5.26 Å². The van der Waals surface area contributed by atoms with Crippen molar-refractivity contribution in [3.8, 4) is 11.8 Å². The zero-order chi connectivity index (χ0) is 40.9. The predicted molar refractivity (Wildman–Crippen MR) is 220 cm³/mol. The van der Waals surface area contributed by atoms with Gasteiger partial charge in [-0.2, -0.15) is 9.94 Å². The molecule has 14 nitrogen and oxygen atoms in total. The standard InChI is InChI=1S/C43H50ClN9O5/c1-42(2)39(43(3,4)40(42)58-32-10-7-29(25-45)33(44)24-32)47-37(55)28-5-8-30(9-6-28)50-16-13-27(14-17-50)26-49-19-21-51(22-20-49)31-15-18-52-35(23-31)48-53(41(52)57)34-11-12-36(54)46-38(34)56/h5-10,15,18,23-24,27,34,39-40H,11-14,16-17,19-22,26H2,1-4H3,(H,47,55)(H,46,54,56)/t34?,39-,40-. The van der Waals surface area contributed by atoms with Crippen molar-refractivity contribution in [2.75, 3.05) is 55.6 Å². The van der Waals surface area contributed by atoms with E-state index in [1.54, 1.807) is 24.4 Å². The van der Waals surface area contributed by atoms with E-state index >= 15 is 0 Å². The zero-order valence-electron chi connectivity index (χ0n) is 33.4. The van der Waals surface area contributed by atoms with Gasteiger partial charge in [0.2, 0.25) is 5.91 Å². The molecule has 2 aromatic heterocycles. The summed E-state index contributed by atoms with van der Waals surface area (Å²) in [6, 6.07) is 18.0. The van der Waals surface area contributed by atoms with Gasteiger partial charge in [0.05, 0.1) is 10.6 Å². The highest BCUT2D eigenvalue weighted by molar-refractivity contribution is 6.31. The van der Waals surface area contributed by atoms with E-state index in [9.17, 15) is 24.4 Å². The predicted octanol–water partition coefficient (Wildman–Crippen LogP) is 4.65. The molecule has 1 atom stereocenters. The largest absolute Gasteiger partial charge is 0.489 e. The molecule has 5 heterocycles. The number of hydrogen-bond acceptors (Lipinski definition) is 10. The lowest BCUT2D eigenvalue weighted by molar-refractivity contribution is -0.164. The summed E-state index contributed by atoms with van der Waals surface area (Å²) in [6.07, 6.45) is 4.19. The number of amides is 3. The third kappa shape index (κ3) is 7.41. The number of hydrogen-bond donors (Lipinski definition) is 2. The van der Waals surface area contributed by atoms with E-state index in [4.69, 9.17) is 16.3 Å². The van der Waals surface area contributed by atoms with Crippen LogP contribution in [0.5, 0.6) is 5.75 Å². The van der Waals surface area contributed by atoms with Gasteiger partial charge in [-0.3, -0.25) is 29.0 Å². The minimum absolute atomic E-state index is 0.104. The van der Waals surface area contributed by atoms with Crippen LogP contribution in [-0.4, -0.2) is 94.8 Å². The molecule has 0 bridgehead atoms. The van der Waals surface area contributed by atoms with Crippen molar-refractivity contribution in [1.82, 2.24) is 29.7 Å². The number of ether oxygens (including phenoxy) is 1. The Morgan fingerprint density at radius 1 is 0.914 bits per heavy atom. The first-order chi connectivity index (χ1) is 27.7. The average molecular weight is 808 g/mol. The quantitative estimate of drug-likeness (QED) is 0.228. The SMILES string of the molecule is CC1(C)[C@H](NC(=O)c2ccc(N3CCC(CN4CCN(c5ccn6c(=O)n(C7CCC(=O)NC7=O)nc6c5)CC4)CC3)cc2)C(C)(C)[C@H]1Oc1ccc(C#N)c(Cl)c1. The van der Waals surface area contributed by atoms with E-state index in [0.717, 1.165) is 70.0 Å². The highest BCUT2D eigenvalue weighted by Gasteiger charge is 2.64. The summed E-state index contributed by atoms with van der Waals surface area (Å²) in [7, 11) is 0. The number of halogens is 1. The summed E-state index contributed by atoms with van der Waals surface area (Å²) in [5.41, 5.74) is 2.55. The first-order valence-electron chi connectivity index (χ1n) is 20.2. The number of piperidine rings is 2. The van der Waals surface area contributed by atoms with E-state index in [2.05, 4.69) is 76.3 Å². The second-order valence-corrected chi connectivity index (χ2v) is 17.8. The Balaban J connectivity index is 0.794. The number of nitrogens with one attached hydrogen (secondary N) is 2. The molecule has 3 saturated heterocycles. The Kier molecular flexibility index (Phi) is 10.5. The van der Waals surface area contributed by atoms with Gasteiger partial charge in [0, 0.05) is 104 Å². The zero-order valence-corrected chi connectivity index (χ0v) is 34.2. The number of pyridine rings is 1. The lowest BCUT2D eigenvalue weighted by Gasteiger charge is -2.63. The molecule has 1 aliphatic carbocycles. The van der Waals surface area contributed by atoms with E-state index in [1.807, 2.05) is 24.3 Å². The van der Waals surface area contributed by atoms with Crippen LogP contribution in [0.3, 0.4) is 0 Å². The van der Waals surface area contributed by atoms with Gasteiger partial charge < -0.3 is 19.9 Å². The molecule has 58 heavy (non-hydrogen) atoms. The van der Waals surface area contributed by atoms with Gasteiger partial charge in [0.1, 0.15) is 24.0 Å². The van der Waals surface area contributed by atoms with E-state index in [-0.39, 0.29) is 53.3 Å². The number of rotatable bonds is 9. The Morgan fingerprint density at radius 3 is 2.26 bits per heavy atom. The fourth-order valence-electron chi connectivity index (χ4n) is 9.86. The molecule has 2 N–H and O–H groups in total. The Bertz CT molecular complexity index is 2320. The van der Waals surface area contributed by atoms with E-state index in [1.165, 1.54) is 9.08 Å². The number of nitrogens with zero attached hydrogens (tertiary/aromatic N) is 7. The fourth-order valence-corrected chi connectivity index (χ4v) is 10.1. The molecule has 4 aliphatic rings. The van der Waals surface area contributed by atoms with Gasteiger partial charge in [-0.05, 0) is 67.6 Å². The van der Waals surface area contributed by atoms with Gasteiger partial charge in [0.15, 0.2) is 5.65 Å². The second-order valence-electron chi connectivity index (χ2n) is 17.4. The number of aromatic nitrogens is 3. The maximum Gasteiger partial charge on any atom is 0.351 e. The minimum atomic E-state index is -0.790. The summed E-state index contributed by atoms with van der Waals surface area (Å²) < 4.78 is 9.03. The molecule has 4 fully saturated rings. The third-order valence-electron chi connectivity index (χ3n) is 12.8. The lowest BCUT2D eigenvalue weighted by Crippen LogP contribution is -2.74. The molecule has 1 saturated carbocycles. The van der Waals surface area contributed by atoms with Crippen LogP contribution in [0.15, 0.2) is 65.6 Å². The number of benzene rings is 2. The maximum atomic E-state index is 13.5. The van der Waals surface area contributed by atoms with Crippen LogP contribution in [0.25, 0.3) is 5.65 Å². The van der Waals surface area contributed by atoms with Crippen molar-refractivity contribution >= 4 is 46.3 Å². The molecule has 3 aliphatic heterocycles. The topological polar surface area (TPSA) is 157 Å². The molecule has 15 heteroatoms. The molecule has 4 aromatic rings. The summed E-state index contributed by atoms with van der Waals surface area (Å²) in [5.74, 6) is 0.293. The highest BCUT2D eigenvalue weighted by atomic mass is 35.5. The monoisotopic (exact) mass is 807 g/mol. The number of carbonyl (C=O) groups is 3. The second kappa shape index (κ2) is 15.4. The summed E-state index contributed by atoms with van der Waals surface area (Å²) >= 11 is 6.25. The molecule has 8 rings (SSSR count). The Morgan fingerprint density at radius 2 is 1.60 bits per heavy atom. The van der Waals surface area contributed by atoms with Crippen LogP contribution in [0.2, 0.25) is 5.02 Å². The molecule has 3 amide bonds. The van der Waals surface area contributed by atoms with Gasteiger partial charge in [0.25, 0.3) is 11.8 Å². The van der Waals surface area contributed by atoms with Crippen LogP contribution in [0.4, 0.5) is 11.4 Å². The highest BCUT2D eigenvalue weighted by Crippen LogP contribution is 2.55. The van der Waals surface area contributed by atoms with Crippen LogP contribution in [0, 0.1) is 28.1 Å². The molecule has 0 radical (unpaired) electrons. The number of imide groups is 1.